The standard InChI is InChI=1S/C24H22ClNO5/c1-13-6-5-7-14(2)26(13)19(27)12-31-24(30)18-11-10-17-20(21(18)25)23(29)16-9-4-3-8-15(16)22(17)28/h3-4,8-11,13-14H,5-7,12H2,1-2H3. The van der Waals surface area contributed by atoms with Crippen LogP contribution in [0.4, 0.5) is 0 Å². The Labute approximate surface area is 185 Å². The number of nitrogens with zero attached hydrogens (tertiary/aromatic N) is 1. The predicted octanol–water partition coefficient (Wildman–Crippen LogP) is 4.06. The third kappa shape index (κ3) is 3.65. The molecule has 2 aliphatic rings. The monoisotopic (exact) mass is 439 g/mol. The molecule has 1 amide bonds. The van der Waals surface area contributed by atoms with E-state index in [-0.39, 0.29) is 51.1 Å². The minimum atomic E-state index is -0.808. The van der Waals surface area contributed by atoms with Gasteiger partial charge >= 0.3 is 5.97 Å². The number of ketones is 2. The number of benzene rings is 2. The Morgan fingerprint density at radius 3 is 2.23 bits per heavy atom. The van der Waals surface area contributed by atoms with Gasteiger partial charge in [0.25, 0.3) is 5.91 Å². The van der Waals surface area contributed by atoms with Crippen molar-refractivity contribution in [2.24, 2.45) is 0 Å². The number of piperidine rings is 1. The summed E-state index contributed by atoms with van der Waals surface area (Å²) >= 11 is 6.39. The van der Waals surface area contributed by atoms with E-state index >= 15 is 0 Å². The molecular formula is C24H22ClNO5. The molecule has 1 saturated heterocycles. The number of hydrogen-bond acceptors (Lipinski definition) is 5. The molecule has 0 aromatic heterocycles. The molecule has 1 heterocycles. The van der Waals surface area contributed by atoms with Gasteiger partial charge in [-0.3, -0.25) is 14.4 Å². The number of ether oxygens (including phenoxy) is 1. The largest absolute Gasteiger partial charge is 0.452 e. The molecule has 0 N–H and O–H groups in total. The average molecular weight is 440 g/mol. The molecule has 2 atom stereocenters. The zero-order valence-electron chi connectivity index (χ0n) is 17.3. The molecule has 0 radical (unpaired) electrons. The highest BCUT2D eigenvalue weighted by molar-refractivity contribution is 6.41. The van der Waals surface area contributed by atoms with E-state index in [1.165, 1.54) is 12.1 Å². The van der Waals surface area contributed by atoms with Crippen LogP contribution in [0.5, 0.6) is 0 Å². The van der Waals surface area contributed by atoms with Gasteiger partial charge in [0.2, 0.25) is 0 Å². The van der Waals surface area contributed by atoms with Crippen LogP contribution >= 0.6 is 11.6 Å². The molecule has 0 saturated carbocycles. The molecule has 4 rings (SSSR count). The van der Waals surface area contributed by atoms with E-state index in [1.54, 1.807) is 29.2 Å². The van der Waals surface area contributed by atoms with Gasteiger partial charge in [-0.25, -0.2) is 4.79 Å². The molecule has 2 unspecified atom stereocenters. The fourth-order valence-corrected chi connectivity index (χ4v) is 4.82. The number of hydrogen-bond donors (Lipinski definition) is 0. The van der Waals surface area contributed by atoms with Gasteiger partial charge < -0.3 is 9.64 Å². The Balaban J connectivity index is 1.56. The van der Waals surface area contributed by atoms with E-state index in [9.17, 15) is 19.2 Å². The van der Waals surface area contributed by atoms with Crippen molar-refractivity contribution in [1.29, 1.82) is 0 Å². The van der Waals surface area contributed by atoms with Crippen molar-refractivity contribution in [2.75, 3.05) is 6.61 Å². The van der Waals surface area contributed by atoms with Crippen molar-refractivity contribution >= 4 is 35.0 Å². The summed E-state index contributed by atoms with van der Waals surface area (Å²) < 4.78 is 5.23. The van der Waals surface area contributed by atoms with Gasteiger partial charge in [0.1, 0.15) is 0 Å². The highest BCUT2D eigenvalue weighted by atomic mass is 35.5. The lowest BCUT2D eigenvalue weighted by atomic mass is 9.83. The normalized spacial score (nSPS) is 20.2. The lowest BCUT2D eigenvalue weighted by Crippen LogP contribution is -2.49. The fraction of sp³-hybridized carbons (Fsp3) is 0.333. The number of halogens is 1. The maximum atomic E-state index is 12.9. The number of carbonyl (C=O) groups is 4. The van der Waals surface area contributed by atoms with Gasteiger partial charge in [-0.2, -0.15) is 0 Å². The van der Waals surface area contributed by atoms with E-state index in [4.69, 9.17) is 16.3 Å². The smallest absolute Gasteiger partial charge is 0.340 e. The molecule has 31 heavy (non-hydrogen) atoms. The Hall–Kier alpha value is -2.99. The maximum absolute atomic E-state index is 12.9. The zero-order valence-corrected chi connectivity index (χ0v) is 18.1. The molecular weight excluding hydrogens is 418 g/mol. The van der Waals surface area contributed by atoms with Gasteiger partial charge in [-0.05, 0) is 45.2 Å². The zero-order chi connectivity index (χ0) is 22.3. The number of likely N-dealkylation sites (tertiary alicyclic amines) is 1. The van der Waals surface area contributed by atoms with Crippen LogP contribution < -0.4 is 0 Å². The van der Waals surface area contributed by atoms with Gasteiger partial charge in [0.05, 0.1) is 16.1 Å². The second-order valence-electron chi connectivity index (χ2n) is 8.06. The minimum absolute atomic E-state index is 0.00980. The van der Waals surface area contributed by atoms with E-state index in [1.807, 2.05) is 13.8 Å². The molecule has 6 nitrogen and oxygen atoms in total. The topological polar surface area (TPSA) is 80.8 Å². The molecule has 2 aromatic rings. The molecule has 160 valence electrons. The first kappa shape index (κ1) is 21.2. The summed E-state index contributed by atoms with van der Waals surface area (Å²) in [6.45, 7) is 3.56. The predicted molar refractivity (Wildman–Crippen MR) is 115 cm³/mol. The van der Waals surface area contributed by atoms with Crippen molar-refractivity contribution in [3.8, 4) is 0 Å². The quantitative estimate of drug-likeness (QED) is 0.575. The van der Waals surface area contributed by atoms with Crippen LogP contribution in [0.25, 0.3) is 0 Å². The second-order valence-corrected chi connectivity index (χ2v) is 8.44. The summed E-state index contributed by atoms with van der Waals surface area (Å²) in [7, 11) is 0. The van der Waals surface area contributed by atoms with Crippen molar-refractivity contribution in [1.82, 2.24) is 4.90 Å². The maximum Gasteiger partial charge on any atom is 0.340 e. The van der Waals surface area contributed by atoms with Crippen LogP contribution in [0, 0.1) is 0 Å². The van der Waals surface area contributed by atoms with Gasteiger partial charge in [-0.15, -0.1) is 0 Å². The van der Waals surface area contributed by atoms with E-state index in [2.05, 4.69) is 0 Å². The molecule has 2 aromatic carbocycles. The van der Waals surface area contributed by atoms with E-state index in [0.717, 1.165) is 19.3 Å². The summed E-state index contributed by atoms with van der Waals surface area (Å²) in [6.07, 6.45) is 2.89. The molecule has 7 heteroatoms. The van der Waals surface area contributed by atoms with Gasteiger partial charge in [0, 0.05) is 28.8 Å². The highest BCUT2D eigenvalue weighted by Crippen LogP contribution is 2.34. The number of esters is 1. The Kier molecular flexibility index (Phi) is 5.67. The molecule has 0 spiro atoms. The number of carbonyl (C=O) groups excluding carboxylic acids is 4. The molecule has 0 bridgehead atoms. The van der Waals surface area contributed by atoms with Crippen molar-refractivity contribution in [3.05, 3.63) is 69.2 Å². The summed E-state index contributed by atoms with van der Waals surface area (Å²) in [5.74, 6) is -1.81. The lowest BCUT2D eigenvalue weighted by molar-refractivity contribution is -0.140. The van der Waals surface area contributed by atoms with Crippen LogP contribution in [0.15, 0.2) is 36.4 Å². The van der Waals surface area contributed by atoms with Crippen LogP contribution in [-0.4, -0.2) is 47.0 Å². The third-order valence-electron chi connectivity index (χ3n) is 6.06. The number of amides is 1. The first-order valence-electron chi connectivity index (χ1n) is 10.3. The summed E-state index contributed by atoms with van der Waals surface area (Å²) in [4.78, 5) is 52.7. The Bertz CT molecular complexity index is 1100. The molecule has 1 aliphatic heterocycles. The Morgan fingerprint density at radius 1 is 0.968 bits per heavy atom. The minimum Gasteiger partial charge on any atom is -0.452 e. The number of fused-ring (bicyclic) bond motifs is 2. The van der Waals surface area contributed by atoms with Crippen LogP contribution in [0.2, 0.25) is 5.02 Å². The van der Waals surface area contributed by atoms with E-state index in [0.29, 0.717) is 5.56 Å². The Morgan fingerprint density at radius 2 is 1.58 bits per heavy atom. The lowest BCUT2D eigenvalue weighted by Gasteiger charge is -2.38. The third-order valence-corrected chi connectivity index (χ3v) is 6.45. The van der Waals surface area contributed by atoms with Gasteiger partial charge in [0.15, 0.2) is 18.2 Å². The average Bonchev–Trinajstić information content (AvgIpc) is 2.75. The molecule has 1 fully saturated rings. The van der Waals surface area contributed by atoms with Crippen molar-refractivity contribution in [3.63, 3.8) is 0 Å². The summed E-state index contributed by atoms with van der Waals surface area (Å²) in [6, 6.07) is 9.43. The first-order chi connectivity index (χ1) is 14.8. The second kappa shape index (κ2) is 8.27. The molecule has 1 aliphatic carbocycles. The highest BCUT2D eigenvalue weighted by Gasteiger charge is 2.34. The van der Waals surface area contributed by atoms with Crippen molar-refractivity contribution < 1.29 is 23.9 Å². The SMILES string of the molecule is CC1CCCC(C)N1C(=O)COC(=O)c1ccc2c(c1Cl)C(=O)c1ccccc1C2=O. The van der Waals surface area contributed by atoms with Crippen LogP contribution in [0.1, 0.15) is 75.3 Å². The van der Waals surface area contributed by atoms with Crippen molar-refractivity contribution in [2.45, 2.75) is 45.2 Å². The first-order valence-corrected chi connectivity index (χ1v) is 10.7. The summed E-state index contributed by atoms with van der Waals surface area (Å²) in [5, 5.41) is -0.137. The van der Waals surface area contributed by atoms with Crippen LogP contribution in [0.3, 0.4) is 0 Å². The summed E-state index contributed by atoms with van der Waals surface area (Å²) in [5.41, 5.74) is 0.646. The fourth-order valence-electron chi connectivity index (χ4n) is 4.50. The number of rotatable bonds is 3. The van der Waals surface area contributed by atoms with Gasteiger partial charge in [-0.1, -0.05) is 35.9 Å². The van der Waals surface area contributed by atoms with Crippen LogP contribution in [-0.2, 0) is 9.53 Å². The van der Waals surface area contributed by atoms with E-state index < -0.39 is 18.4 Å².